The van der Waals surface area contributed by atoms with E-state index in [-0.39, 0.29) is 0 Å². The Kier molecular flexibility index (Phi) is 3.14. The lowest BCUT2D eigenvalue weighted by Gasteiger charge is -2.08. The Morgan fingerprint density at radius 1 is 1.21 bits per heavy atom. The monoisotopic (exact) mass is 257 g/mol. The highest BCUT2D eigenvalue weighted by Gasteiger charge is 2.24. The van der Waals surface area contributed by atoms with Gasteiger partial charge >= 0.3 is 0 Å². The van der Waals surface area contributed by atoms with E-state index in [1.54, 1.807) is 0 Å². The Hall–Kier alpha value is -1.28. The van der Waals surface area contributed by atoms with E-state index >= 15 is 0 Å². The summed E-state index contributed by atoms with van der Waals surface area (Å²) in [5.74, 6) is 1.63. The summed E-state index contributed by atoms with van der Waals surface area (Å²) in [6.07, 6.45) is 2.63. The Morgan fingerprint density at radius 3 is 2.53 bits per heavy atom. The van der Waals surface area contributed by atoms with Crippen molar-refractivity contribution < 1.29 is 4.42 Å². The maximum absolute atomic E-state index is 6.19. The number of fused-ring (bicyclic) bond motifs is 1. The van der Waals surface area contributed by atoms with E-state index in [0.29, 0.717) is 5.92 Å². The smallest absolute Gasteiger partial charge is 0.137 e. The molecule has 1 aromatic heterocycles. The number of rotatable bonds is 4. The Labute approximate surface area is 115 Å². The molecule has 0 unspecified atom stereocenters. The summed E-state index contributed by atoms with van der Waals surface area (Å²) in [7, 11) is 0. The molecule has 1 aliphatic rings. The van der Waals surface area contributed by atoms with Gasteiger partial charge in [0.15, 0.2) is 0 Å². The molecule has 0 spiro atoms. The molecule has 0 saturated heterocycles. The average molecular weight is 257 g/mol. The van der Waals surface area contributed by atoms with Crippen LogP contribution in [0.25, 0.3) is 11.0 Å². The second-order valence-electron chi connectivity index (χ2n) is 6.15. The standard InChI is InChI=1S/C17H23NO/c1-10(2)15-14(9-18-13-7-8-13)19-17-12(4)6-5-11(3)16(15)17/h5-6,10,13,18H,7-9H2,1-4H3. The van der Waals surface area contributed by atoms with Gasteiger partial charge in [-0.05, 0) is 43.7 Å². The topological polar surface area (TPSA) is 25.2 Å². The predicted octanol–water partition coefficient (Wildman–Crippen LogP) is 4.43. The van der Waals surface area contributed by atoms with Gasteiger partial charge in [0, 0.05) is 17.0 Å². The van der Waals surface area contributed by atoms with Gasteiger partial charge in [0.1, 0.15) is 11.3 Å². The van der Waals surface area contributed by atoms with Crippen LogP contribution < -0.4 is 5.32 Å². The Bertz CT molecular complexity index is 605. The first-order valence-electron chi connectivity index (χ1n) is 7.32. The van der Waals surface area contributed by atoms with Gasteiger partial charge < -0.3 is 9.73 Å². The number of nitrogens with one attached hydrogen (secondary N) is 1. The molecule has 0 atom stereocenters. The molecule has 102 valence electrons. The minimum Gasteiger partial charge on any atom is -0.459 e. The number of hydrogen-bond donors (Lipinski definition) is 1. The summed E-state index contributed by atoms with van der Waals surface area (Å²) in [5, 5.41) is 4.91. The van der Waals surface area contributed by atoms with E-state index in [2.05, 4.69) is 45.1 Å². The van der Waals surface area contributed by atoms with Crippen LogP contribution in [0.2, 0.25) is 0 Å². The van der Waals surface area contributed by atoms with Gasteiger partial charge in [0.2, 0.25) is 0 Å². The van der Waals surface area contributed by atoms with E-state index in [1.807, 2.05) is 0 Å². The van der Waals surface area contributed by atoms with Gasteiger partial charge in [0.25, 0.3) is 0 Å². The van der Waals surface area contributed by atoms with Crippen molar-refractivity contribution >= 4 is 11.0 Å². The molecule has 1 aliphatic carbocycles. The first-order chi connectivity index (χ1) is 9.08. The Balaban J connectivity index is 2.11. The first kappa shape index (κ1) is 12.7. The number of aryl methyl sites for hydroxylation is 2. The maximum Gasteiger partial charge on any atom is 0.137 e. The summed E-state index contributed by atoms with van der Waals surface area (Å²) in [4.78, 5) is 0. The SMILES string of the molecule is Cc1ccc(C)c2c(C(C)C)c(CNC3CC3)oc12. The summed E-state index contributed by atoms with van der Waals surface area (Å²) < 4.78 is 6.19. The zero-order chi connectivity index (χ0) is 13.6. The van der Waals surface area contributed by atoms with Crippen LogP contribution in [-0.2, 0) is 6.54 Å². The highest BCUT2D eigenvalue weighted by molar-refractivity contribution is 5.88. The average Bonchev–Trinajstić information content (AvgIpc) is 3.10. The summed E-state index contributed by atoms with van der Waals surface area (Å²) in [6, 6.07) is 5.08. The predicted molar refractivity (Wildman–Crippen MR) is 79.6 cm³/mol. The second-order valence-corrected chi connectivity index (χ2v) is 6.15. The lowest BCUT2D eigenvalue weighted by atomic mass is 9.95. The molecule has 0 radical (unpaired) electrons. The van der Waals surface area contributed by atoms with Crippen molar-refractivity contribution in [3.8, 4) is 0 Å². The summed E-state index contributed by atoms with van der Waals surface area (Å²) in [6.45, 7) is 9.69. The molecule has 0 amide bonds. The minimum atomic E-state index is 0.498. The van der Waals surface area contributed by atoms with E-state index in [0.717, 1.165) is 23.9 Å². The van der Waals surface area contributed by atoms with Crippen LogP contribution in [0.5, 0.6) is 0 Å². The van der Waals surface area contributed by atoms with Crippen LogP contribution in [0.3, 0.4) is 0 Å². The van der Waals surface area contributed by atoms with Gasteiger partial charge in [0.05, 0.1) is 6.54 Å². The molecule has 1 aromatic carbocycles. The van der Waals surface area contributed by atoms with Gasteiger partial charge in [-0.15, -0.1) is 0 Å². The van der Waals surface area contributed by atoms with Crippen LogP contribution in [0, 0.1) is 13.8 Å². The fraction of sp³-hybridized carbons (Fsp3) is 0.529. The van der Waals surface area contributed by atoms with Gasteiger partial charge in [-0.1, -0.05) is 26.0 Å². The lowest BCUT2D eigenvalue weighted by Crippen LogP contribution is -2.16. The third kappa shape index (κ3) is 2.30. The van der Waals surface area contributed by atoms with Gasteiger partial charge in [-0.2, -0.15) is 0 Å². The zero-order valence-corrected chi connectivity index (χ0v) is 12.3. The fourth-order valence-electron chi connectivity index (χ4n) is 2.84. The molecule has 2 aromatic rings. The highest BCUT2D eigenvalue weighted by atomic mass is 16.3. The molecule has 2 heteroatoms. The third-order valence-electron chi connectivity index (χ3n) is 4.06. The van der Waals surface area contributed by atoms with Crippen LogP contribution in [0.15, 0.2) is 16.5 Å². The second kappa shape index (κ2) is 4.68. The van der Waals surface area contributed by atoms with Crippen LogP contribution >= 0.6 is 0 Å². The molecule has 1 N–H and O–H groups in total. The fourth-order valence-corrected chi connectivity index (χ4v) is 2.84. The zero-order valence-electron chi connectivity index (χ0n) is 12.3. The van der Waals surface area contributed by atoms with Gasteiger partial charge in [-0.3, -0.25) is 0 Å². The maximum atomic E-state index is 6.19. The van der Waals surface area contributed by atoms with Crippen molar-refractivity contribution in [3.63, 3.8) is 0 Å². The van der Waals surface area contributed by atoms with E-state index in [1.165, 1.54) is 34.9 Å². The van der Waals surface area contributed by atoms with E-state index in [9.17, 15) is 0 Å². The molecule has 19 heavy (non-hydrogen) atoms. The van der Waals surface area contributed by atoms with Gasteiger partial charge in [-0.25, -0.2) is 0 Å². The van der Waals surface area contributed by atoms with Crippen LogP contribution in [-0.4, -0.2) is 6.04 Å². The molecule has 0 aliphatic heterocycles. The highest BCUT2D eigenvalue weighted by Crippen LogP contribution is 2.36. The molecular formula is C17H23NO. The number of hydrogen-bond acceptors (Lipinski definition) is 2. The summed E-state index contributed by atoms with van der Waals surface area (Å²) in [5.41, 5.74) is 5.03. The quantitative estimate of drug-likeness (QED) is 0.876. The normalized spacial score (nSPS) is 15.6. The molecule has 1 fully saturated rings. The third-order valence-corrected chi connectivity index (χ3v) is 4.06. The van der Waals surface area contributed by atoms with Crippen molar-refractivity contribution in [1.82, 2.24) is 5.32 Å². The lowest BCUT2D eigenvalue weighted by molar-refractivity contribution is 0.502. The van der Waals surface area contributed by atoms with E-state index in [4.69, 9.17) is 4.42 Å². The molecule has 3 rings (SSSR count). The molecule has 1 saturated carbocycles. The van der Waals surface area contributed by atoms with Crippen molar-refractivity contribution in [2.24, 2.45) is 0 Å². The molecule has 1 heterocycles. The van der Waals surface area contributed by atoms with Crippen molar-refractivity contribution in [3.05, 3.63) is 34.6 Å². The largest absolute Gasteiger partial charge is 0.459 e. The number of furan rings is 1. The minimum absolute atomic E-state index is 0.498. The summed E-state index contributed by atoms with van der Waals surface area (Å²) >= 11 is 0. The molecule has 0 bridgehead atoms. The van der Waals surface area contributed by atoms with Crippen LogP contribution in [0.4, 0.5) is 0 Å². The van der Waals surface area contributed by atoms with Crippen molar-refractivity contribution in [2.75, 3.05) is 0 Å². The number of benzene rings is 1. The molecule has 2 nitrogen and oxygen atoms in total. The van der Waals surface area contributed by atoms with Crippen molar-refractivity contribution in [2.45, 2.75) is 59.0 Å². The van der Waals surface area contributed by atoms with Crippen LogP contribution in [0.1, 0.15) is 55.1 Å². The Morgan fingerprint density at radius 2 is 1.89 bits per heavy atom. The molecular weight excluding hydrogens is 234 g/mol. The van der Waals surface area contributed by atoms with E-state index < -0.39 is 0 Å². The van der Waals surface area contributed by atoms with Crippen molar-refractivity contribution in [1.29, 1.82) is 0 Å². The first-order valence-corrected chi connectivity index (χ1v) is 7.32.